The predicted octanol–water partition coefficient (Wildman–Crippen LogP) is 3.26. The molecule has 6 nitrogen and oxygen atoms in total. The largest absolute Gasteiger partial charge is 0.465 e. The summed E-state index contributed by atoms with van der Waals surface area (Å²) in [6, 6.07) is 5.91. The minimum absolute atomic E-state index is 0.0909. The molecule has 0 bridgehead atoms. The number of hydrogen-bond donors (Lipinski definition) is 1. The second-order valence-electron chi connectivity index (χ2n) is 7.33. The number of amides is 1. The van der Waals surface area contributed by atoms with Crippen LogP contribution >= 0.6 is 0 Å². The van der Waals surface area contributed by atoms with E-state index in [0.29, 0.717) is 19.4 Å². The Labute approximate surface area is 143 Å². The first-order chi connectivity index (χ1) is 11.0. The molecule has 1 fully saturated rings. The van der Waals surface area contributed by atoms with E-state index in [1.165, 1.54) is 17.0 Å². The van der Waals surface area contributed by atoms with Gasteiger partial charge in [-0.25, -0.2) is 4.79 Å². The Balaban J connectivity index is 2.31. The lowest BCUT2D eigenvalue weighted by atomic mass is 9.79. The Morgan fingerprint density at radius 3 is 2.33 bits per heavy atom. The molecule has 2 atom stereocenters. The lowest BCUT2D eigenvalue weighted by molar-refractivity contribution is -0.0158. The van der Waals surface area contributed by atoms with Crippen molar-refractivity contribution in [3.63, 3.8) is 0 Å². The van der Waals surface area contributed by atoms with Gasteiger partial charge >= 0.3 is 6.09 Å². The van der Waals surface area contributed by atoms with E-state index < -0.39 is 33.8 Å². The molecule has 0 saturated carbocycles. The summed E-state index contributed by atoms with van der Waals surface area (Å²) < 4.78 is 30.6. The Hall–Kier alpha value is -1.60. The fourth-order valence-corrected chi connectivity index (χ4v) is 4.33. The maximum absolute atomic E-state index is 12.6. The molecule has 1 aliphatic rings. The number of carbonyl (C=O) groups is 1. The molecule has 134 valence electrons. The fourth-order valence-electron chi connectivity index (χ4n) is 3.22. The maximum Gasteiger partial charge on any atom is 0.407 e. The molecule has 1 aromatic rings. The van der Waals surface area contributed by atoms with Crippen LogP contribution < -0.4 is 0 Å². The van der Waals surface area contributed by atoms with Gasteiger partial charge in [0.05, 0.1) is 17.0 Å². The van der Waals surface area contributed by atoms with E-state index >= 15 is 0 Å². The Kier molecular flexibility index (Phi) is 5.25. The average Bonchev–Trinajstić information content (AvgIpc) is 2.45. The molecule has 1 saturated heterocycles. The van der Waals surface area contributed by atoms with E-state index in [0.717, 1.165) is 5.56 Å². The molecule has 0 radical (unpaired) electrons. The van der Waals surface area contributed by atoms with Crippen molar-refractivity contribution in [2.24, 2.45) is 5.41 Å². The van der Waals surface area contributed by atoms with E-state index in [4.69, 9.17) is 4.18 Å². The first kappa shape index (κ1) is 18.7. The third-order valence-electron chi connectivity index (χ3n) is 4.27. The highest BCUT2D eigenvalue weighted by Gasteiger charge is 2.44. The van der Waals surface area contributed by atoms with Gasteiger partial charge in [0.25, 0.3) is 10.1 Å². The summed E-state index contributed by atoms with van der Waals surface area (Å²) in [6.45, 7) is 7.95. The third kappa shape index (κ3) is 4.08. The minimum atomic E-state index is -3.94. The first-order valence-electron chi connectivity index (χ1n) is 8.02. The van der Waals surface area contributed by atoms with Gasteiger partial charge in [0.15, 0.2) is 0 Å². The van der Waals surface area contributed by atoms with Crippen molar-refractivity contribution < 1.29 is 22.5 Å². The van der Waals surface area contributed by atoms with E-state index in [1.54, 1.807) is 12.1 Å². The van der Waals surface area contributed by atoms with Crippen LogP contribution in [0.15, 0.2) is 29.2 Å². The summed E-state index contributed by atoms with van der Waals surface area (Å²) >= 11 is 0. The lowest BCUT2D eigenvalue weighted by Crippen LogP contribution is -2.57. The topological polar surface area (TPSA) is 83.9 Å². The highest BCUT2D eigenvalue weighted by atomic mass is 32.2. The molecular formula is C17H25NO5S. The van der Waals surface area contributed by atoms with Crippen LogP contribution in [0.1, 0.15) is 39.2 Å². The molecule has 24 heavy (non-hydrogen) atoms. The van der Waals surface area contributed by atoms with Crippen LogP contribution in [-0.4, -0.2) is 43.2 Å². The lowest BCUT2D eigenvalue weighted by Gasteiger charge is -2.45. The average molecular weight is 355 g/mol. The Morgan fingerprint density at radius 2 is 1.83 bits per heavy atom. The number of piperidine rings is 1. The summed E-state index contributed by atoms with van der Waals surface area (Å²) in [6.07, 6.45) is -0.652. The highest BCUT2D eigenvalue weighted by molar-refractivity contribution is 7.86. The zero-order valence-electron chi connectivity index (χ0n) is 14.5. The molecule has 1 aromatic carbocycles. The van der Waals surface area contributed by atoms with Crippen LogP contribution in [0.2, 0.25) is 0 Å². The monoisotopic (exact) mass is 355 g/mol. The van der Waals surface area contributed by atoms with Crippen molar-refractivity contribution in [2.75, 3.05) is 6.54 Å². The third-order valence-corrected chi connectivity index (χ3v) is 5.62. The van der Waals surface area contributed by atoms with Crippen molar-refractivity contribution in [1.82, 2.24) is 4.90 Å². The van der Waals surface area contributed by atoms with Crippen LogP contribution in [0.25, 0.3) is 0 Å². The number of hydrogen-bond acceptors (Lipinski definition) is 4. The van der Waals surface area contributed by atoms with Gasteiger partial charge in [-0.1, -0.05) is 38.5 Å². The molecule has 1 N–H and O–H groups in total. The molecule has 1 unspecified atom stereocenters. The molecule has 1 amide bonds. The van der Waals surface area contributed by atoms with Gasteiger partial charge in [-0.05, 0) is 37.3 Å². The van der Waals surface area contributed by atoms with Crippen LogP contribution in [0.4, 0.5) is 4.79 Å². The normalized spacial score (nSPS) is 22.4. The van der Waals surface area contributed by atoms with Crippen molar-refractivity contribution in [1.29, 1.82) is 0 Å². The summed E-state index contributed by atoms with van der Waals surface area (Å²) in [5, 5.41) is 9.46. The quantitative estimate of drug-likeness (QED) is 0.841. The van der Waals surface area contributed by atoms with E-state index in [-0.39, 0.29) is 4.90 Å². The number of likely N-dealkylation sites (tertiary alicyclic amines) is 1. The predicted molar refractivity (Wildman–Crippen MR) is 90.4 cm³/mol. The summed E-state index contributed by atoms with van der Waals surface area (Å²) in [5.74, 6) is 0. The summed E-state index contributed by atoms with van der Waals surface area (Å²) in [5.41, 5.74) is 0.517. The smallest absolute Gasteiger partial charge is 0.407 e. The van der Waals surface area contributed by atoms with Crippen LogP contribution in [-0.2, 0) is 14.3 Å². The second-order valence-corrected chi connectivity index (χ2v) is 8.90. The van der Waals surface area contributed by atoms with Crippen molar-refractivity contribution >= 4 is 16.2 Å². The maximum atomic E-state index is 12.6. The second kappa shape index (κ2) is 6.72. The first-order valence-corrected chi connectivity index (χ1v) is 9.43. The number of rotatable bonds is 3. The zero-order chi connectivity index (χ0) is 18.1. The van der Waals surface area contributed by atoms with Gasteiger partial charge < -0.3 is 10.0 Å². The van der Waals surface area contributed by atoms with Gasteiger partial charge in [-0.3, -0.25) is 4.18 Å². The van der Waals surface area contributed by atoms with Gasteiger partial charge in [-0.2, -0.15) is 8.42 Å². The molecule has 1 heterocycles. The van der Waals surface area contributed by atoms with Crippen molar-refractivity contribution in [2.45, 2.75) is 57.6 Å². The van der Waals surface area contributed by atoms with Crippen LogP contribution in [0.5, 0.6) is 0 Å². The van der Waals surface area contributed by atoms with E-state index in [2.05, 4.69) is 0 Å². The number of benzene rings is 1. The molecule has 2 rings (SSSR count). The van der Waals surface area contributed by atoms with Gasteiger partial charge in [-0.15, -0.1) is 0 Å². The molecule has 0 aromatic heterocycles. The SMILES string of the molecule is Cc1ccc(S(=O)(=O)OC2CCCN(C(=O)O)[C@H]2C(C)(C)C)cc1. The molecule has 1 aliphatic heterocycles. The van der Waals surface area contributed by atoms with Crippen molar-refractivity contribution in [3.05, 3.63) is 29.8 Å². The fraction of sp³-hybridized carbons (Fsp3) is 0.588. The number of aryl methyl sites for hydroxylation is 1. The highest BCUT2D eigenvalue weighted by Crippen LogP contribution is 2.35. The molecule has 0 aliphatic carbocycles. The van der Waals surface area contributed by atoms with Crippen molar-refractivity contribution in [3.8, 4) is 0 Å². The van der Waals surface area contributed by atoms with Crippen LogP contribution in [0.3, 0.4) is 0 Å². The standard InChI is InChI=1S/C17H25NO5S/c1-12-7-9-13(10-8-12)24(21,22)23-14-6-5-11-18(16(19)20)15(14)17(2,3)4/h7-10,14-15H,5-6,11H2,1-4H3,(H,19,20)/t14?,15-/m1/s1. The van der Waals surface area contributed by atoms with E-state index in [9.17, 15) is 18.3 Å². The summed E-state index contributed by atoms with van der Waals surface area (Å²) in [7, 11) is -3.94. The number of nitrogens with zero attached hydrogens (tertiary/aromatic N) is 1. The molecule has 7 heteroatoms. The number of carboxylic acid groups (broad SMARTS) is 1. The molecule has 0 spiro atoms. The van der Waals surface area contributed by atoms with Gasteiger partial charge in [0, 0.05) is 6.54 Å². The minimum Gasteiger partial charge on any atom is -0.465 e. The van der Waals surface area contributed by atoms with Gasteiger partial charge in [0.1, 0.15) is 0 Å². The Morgan fingerprint density at radius 1 is 1.25 bits per heavy atom. The van der Waals surface area contributed by atoms with Gasteiger partial charge in [0.2, 0.25) is 0 Å². The van der Waals surface area contributed by atoms with Crippen LogP contribution in [0, 0.1) is 12.3 Å². The molecular weight excluding hydrogens is 330 g/mol. The van der Waals surface area contributed by atoms with E-state index in [1.807, 2.05) is 27.7 Å². The zero-order valence-corrected chi connectivity index (χ0v) is 15.3. The summed E-state index contributed by atoms with van der Waals surface area (Å²) in [4.78, 5) is 12.9. The Bertz CT molecular complexity index is 691.